The van der Waals surface area contributed by atoms with Crippen molar-refractivity contribution >= 4 is 12.0 Å². The highest BCUT2D eigenvalue weighted by atomic mass is 16.2. The van der Waals surface area contributed by atoms with Crippen LogP contribution in [0, 0.1) is 0 Å². The second-order valence-electron chi connectivity index (χ2n) is 7.55. The Kier molecular flexibility index (Phi) is 6.45. The van der Waals surface area contributed by atoms with E-state index in [-0.39, 0.29) is 5.91 Å². The molecule has 0 bridgehead atoms. The van der Waals surface area contributed by atoms with Crippen molar-refractivity contribution in [3.8, 4) is 0 Å². The number of carbonyl (C=O) groups is 1. The second kappa shape index (κ2) is 9.00. The van der Waals surface area contributed by atoms with Crippen LogP contribution < -0.4 is 0 Å². The maximum Gasteiger partial charge on any atom is 0.253 e. The van der Waals surface area contributed by atoms with Crippen molar-refractivity contribution < 1.29 is 4.79 Å². The number of amides is 1. The first-order valence-electron chi connectivity index (χ1n) is 9.76. The topological polar surface area (TPSA) is 41.4 Å². The lowest BCUT2D eigenvalue weighted by Crippen LogP contribution is -2.39. The summed E-state index contributed by atoms with van der Waals surface area (Å²) in [7, 11) is 4.20. The van der Waals surface area contributed by atoms with Crippen molar-refractivity contribution in [1.29, 1.82) is 0 Å². The largest absolute Gasteiger partial charge is 0.338 e. The number of nitrogens with zero attached hydrogens (tertiary/aromatic N) is 4. The van der Waals surface area contributed by atoms with E-state index in [1.54, 1.807) is 6.08 Å². The Morgan fingerprint density at radius 3 is 2.81 bits per heavy atom. The molecule has 1 fully saturated rings. The first-order chi connectivity index (χ1) is 13.1. The van der Waals surface area contributed by atoms with Crippen molar-refractivity contribution in [3.05, 3.63) is 60.2 Å². The summed E-state index contributed by atoms with van der Waals surface area (Å²) >= 11 is 0. The Bertz CT molecular complexity index is 763. The van der Waals surface area contributed by atoms with E-state index in [2.05, 4.69) is 41.3 Å². The summed E-state index contributed by atoms with van der Waals surface area (Å²) < 4.78 is 2.26. The fourth-order valence-corrected chi connectivity index (χ4v) is 3.74. The number of aromatic nitrogens is 2. The molecule has 0 saturated carbocycles. The number of hydrogen-bond acceptors (Lipinski definition) is 3. The fraction of sp³-hybridized carbons (Fsp3) is 0.455. The molecule has 1 amide bonds. The molecule has 3 rings (SSSR count). The lowest BCUT2D eigenvalue weighted by molar-refractivity contribution is 0.0703. The molecule has 1 aliphatic rings. The van der Waals surface area contributed by atoms with Crippen molar-refractivity contribution in [3.63, 3.8) is 0 Å². The summed E-state index contributed by atoms with van der Waals surface area (Å²) in [6.45, 7) is 7.36. The molecule has 1 atom stereocenters. The van der Waals surface area contributed by atoms with Gasteiger partial charge in [-0.3, -0.25) is 4.79 Å². The summed E-state index contributed by atoms with van der Waals surface area (Å²) in [5.74, 6) is 1.54. The molecule has 0 N–H and O–H groups in total. The lowest BCUT2D eigenvalue weighted by atomic mass is 9.96. The van der Waals surface area contributed by atoms with Gasteiger partial charge >= 0.3 is 0 Å². The summed E-state index contributed by atoms with van der Waals surface area (Å²) in [5, 5.41) is 0. The molecule has 5 heteroatoms. The molecule has 1 aliphatic heterocycles. The summed E-state index contributed by atoms with van der Waals surface area (Å²) in [6, 6.07) is 7.68. The van der Waals surface area contributed by atoms with Crippen molar-refractivity contribution in [2.45, 2.75) is 31.7 Å². The minimum absolute atomic E-state index is 0.112. The predicted molar refractivity (Wildman–Crippen MR) is 110 cm³/mol. The summed E-state index contributed by atoms with van der Waals surface area (Å²) in [6.07, 6.45) is 8.96. The first kappa shape index (κ1) is 19.4. The minimum atomic E-state index is 0.112. The summed E-state index contributed by atoms with van der Waals surface area (Å²) in [4.78, 5) is 21.7. The Balaban J connectivity index is 1.66. The molecular formula is C22H30N4O. The van der Waals surface area contributed by atoms with Crippen LogP contribution in [-0.4, -0.2) is 59.0 Å². The number of hydrogen-bond donors (Lipinski definition) is 0. The van der Waals surface area contributed by atoms with Gasteiger partial charge in [0.1, 0.15) is 5.82 Å². The Morgan fingerprint density at radius 2 is 2.11 bits per heavy atom. The highest BCUT2D eigenvalue weighted by molar-refractivity contribution is 5.94. The lowest BCUT2D eigenvalue weighted by Gasteiger charge is -2.33. The maximum atomic E-state index is 12.9. The number of aryl methyl sites for hydroxylation is 1. The van der Waals surface area contributed by atoms with E-state index in [1.165, 1.54) is 0 Å². The zero-order valence-electron chi connectivity index (χ0n) is 16.5. The van der Waals surface area contributed by atoms with Crippen LogP contribution in [0.1, 0.15) is 46.9 Å². The van der Waals surface area contributed by atoms with Crippen LogP contribution in [0.15, 0.2) is 43.2 Å². The van der Waals surface area contributed by atoms with Gasteiger partial charge in [-0.05, 0) is 57.6 Å². The van der Waals surface area contributed by atoms with Gasteiger partial charge in [-0.15, -0.1) is 0 Å². The quantitative estimate of drug-likeness (QED) is 0.753. The molecule has 27 heavy (non-hydrogen) atoms. The van der Waals surface area contributed by atoms with Gasteiger partial charge in [0, 0.05) is 43.5 Å². The zero-order chi connectivity index (χ0) is 19.2. The Hall–Kier alpha value is -2.40. The second-order valence-corrected chi connectivity index (χ2v) is 7.55. The fourth-order valence-electron chi connectivity index (χ4n) is 3.74. The van der Waals surface area contributed by atoms with Crippen LogP contribution in [0.5, 0.6) is 0 Å². The zero-order valence-corrected chi connectivity index (χ0v) is 16.5. The van der Waals surface area contributed by atoms with Gasteiger partial charge in [0.05, 0.1) is 0 Å². The van der Waals surface area contributed by atoms with Gasteiger partial charge in [-0.2, -0.15) is 0 Å². The third-order valence-corrected chi connectivity index (χ3v) is 5.22. The summed E-state index contributed by atoms with van der Waals surface area (Å²) in [5.41, 5.74) is 1.78. The monoisotopic (exact) mass is 366 g/mol. The molecule has 0 aliphatic carbocycles. The van der Waals surface area contributed by atoms with Gasteiger partial charge in [-0.1, -0.05) is 24.8 Å². The average molecular weight is 367 g/mol. The normalized spacial score (nSPS) is 17.3. The van der Waals surface area contributed by atoms with Gasteiger partial charge in [-0.25, -0.2) is 4.98 Å². The molecule has 0 radical (unpaired) electrons. The number of likely N-dealkylation sites (tertiary alicyclic amines) is 1. The molecule has 0 spiro atoms. The number of carbonyl (C=O) groups excluding carboxylic acids is 1. The van der Waals surface area contributed by atoms with E-state index in [0.717, 1.165) is 62.4 Å². The molecule has 1 saturated heterocycles. The third kappa shape index (κ3) is 4.86. The smallest absolute Gasteiger partial charge is 0.253 e. The number of imidazole rings is 1. The molecule has 5 nitrogen and oxygen atoms in total. The van der Waals surface area contributed by atoms with E-state index in [0.29, 0.717) is 5.92 Å². The van der Waals surface area contributed by atoms with Crippen LogP contribution in [-0.2, 0) is 6.54 Å². The molecular weight excluding hydrogens is 336 g/mol. The van der Waals surface area contributed by atoms with E-state index >= 15 is 0 Å². The molecule has 1 aromatic heterocycles. The SMILES string of the molecule is C=Cc1ccc(C(=O)N2CCCC(c3nccn3CCCN(C)C)C2)cc1. The van der Waals surface area contributed by atoms with Crippen molar-refractivity contribution in [2.75, 3.05) is 33.7 Å². The van der Waals surface area contributed by atoms with E-state index in [4.69, 9.17) is 0 Å². The number of rotatable bonds is 7. The molecule has 2 heterocycles. The predicted octanol–water partition coefficient (Wildman–Crippen LogP) is 3.50. The molecule has 2 aromatic rings. The van der Waals surface area contributed by atoms with Gasteiger partial charge in [0.2, 0.25) is 0 Å². The number of piperidine rings is 1. The van der Waals surface area contributed by atoms with Crippen molar-refractivity contribution in [2.24, 2.45) is 0 Å². The molecule has 144 valence electrons. The number of benzene rings is 1. The minimum Gasteiger partial charge on any atom is -0.338 e. The highest BCUT2D eigenvalue weighted by Gasteiger charge is 2.27. The van der Waals surface area contributed by atoms with Crippen LogP contribution in [0.2, 0.25) is 0 Å². The maximum absolute atomic E-state index is 12.9. The third-order valence-electron chi connectivity index (χ3n) is 5.22. The van der Waals surface area contributed by atoms with Crippen LogP contribution in [0.4, 0.5) is 0 Å². The van der Waals surface area contributed by atoms with E-state index in [1.807, 2.05) is 35.4 Å². The van der Waals surface area contributed by atoms with Gasteiger partial charge < -0.3 is 14.4 Å². The highest BCUT2D eigenvalue weighted by Crippen LogP contribution is 2.27. The molecule has 1 unspecified atom stereocenters. The average Bonchev–Trinajstić information content (AvgIpc) is 3.16. The van der Waals surface area contributed by atoms with Crippen LogP contribution in [0.25, 0.3) is 6.08 Å². The van der Waals surface area contributed by atoms with E-state index in [9.17, 15) is 4.79 Å². The standard InChI is InChI=1S/C22H30N4O/c1-4-18-8-10-19(11-9-18)22(27)26-14-5-7-20(17-26)21-23-12-16-25(21)15-6-13-24(2)3/h4,8-12,16,20H,1,5-7,13-15,17H2,2-3H3. The molecule has 1 aromatic carbocycles. The first-order valence-corrected chi connectivity index (χ1v) is 9.76. The Labute approximate surface area is 162 Å². The van der Waals surface area contributed by atoms with Crippen molar-refractivity contribution in [1.82, 2.24) is 19.4 Å². The van der Waals surface area contributed by atoms with Crippen LogP contribution >= 0.6 is 0 Å². The van der Waals surface area contributed by atoms with Gasteiger partial charge in [0.15, 0.2) is 0 Å². The van der Waals surface area contributed by atoms with Crippen LogP contribution in [0.3, 0.4) is 0 Å². The van der Waals surface area contributed by atoms with E-state index < -0.39 is 0 Å². The van der Waals surface area contributed by atoms with Gasteiger partial charge in [0.25, 0.3) is 5.91 Å². The Morgan fingerprint density at radius 1 is 1.33 bits per heavy atom.